The Morgan fingerprint density at radius 2 is 1.95 bits per heavy atom. The molecular weight excluding hydrogens is 259 g/mol. The summed E-state index contributed by atoms with van der Waals surface area (Å²) in [4.78, 5) is 0. The van der Waals surface area contributed by atoms with Crippen molar-refractivity contribution >= 4 is 0 Å². The third kappa shape index (κ3) is 2.78. The summed E-state index contributed by atoms with van der Waals surface area (Å²) in [6, 6.07) is 2.70. The minimum absolute atomic E-state index is 0.0547. The lowest BCUT2D eigenvalue weighted by atomic mass is 10.0. The lowest BCUT2D eigenvalue weighted by Crippen LogP contribution is -2.15. The standard InChI is InChI=1S/C13H16F3NO2/c1-18-11-7-8(10-4-3-5-17-10)6-9(12(11)19-2)13(14,15)16/h6-7,10,17H,3-5H2,1-2H3. The minimum atomic E-state index is -4.47. The van der Waals surface area contributed by atoms with E-state index < -0.39 is 11.7 Å². The van der Waals surface area contributed by atoms with Gasteiger partial charge in [0.05, 0.1) is 14.2 Å². The monoisotopic (exact) mass is 275 g/mol. The SMILES string of the molecule is COc1cc(C2CCCN2)cc(C(F)(F)F)c1OC. The maximum absolute atomic E-state index is 13.1. The van der Waals surface area contributed by atoms with E-state index in [2.05, 4.69) is 5.32 Å². The Morgan fingerprint density at radius 1 is 1.21 bits per heavy atom. The molecule has 1 fully saturated rings. The van der Waals surface area contributed by atoms with Crippen LogP contribution in [0.4, 0.5) is 13.2 Å². The average molecular weight is 275 g/mol. The summed E-state index contributed by atoms with van der Waals surface area (Å²) >= 11 is 0. The second-order valence-electron chi connectivity index (χ2n) is 4.45. The van der Waals surface area contributed by atoms with Crippen LogP contribution in [0, 0.1) is 0 Å². The van der Waals surface area contributed by atoms with Gasteiger partial charge in [0, 0.05) is 6.04 Å². The van der Waals surface area contributed by atoms with Crippen molar-refractivity contribution in [3.8, 4) is 11.5 Å². The van der Waals surface area contributed by atoms with Crippen LogP contribution in [-0.4, -0.2) is 20.8 Å². The molecule has 106 valence electrons. The van der Waals surface area contributed by atoms with E-state index in [4.69, 9.17) is 9.47 Å². The van der Waals surface area contributed by atoms with Crippen LogP contribution < -0.4 is 14.8 Å². The molecular formula is C13H16F3NO2. The lowest BCUT2D eigenvalue weighted by Gasteiger charge is -2.19. The van der Waals surface area contributed by atoms with Crippen LogP contribution in [0.5, 0.6) is 11.5 Å². The number of methoxy groups -OCH3 is 2. The van der Waals surface area contributed by atoms with Gasteiger partial charge in [-0.25, -0.2) is 0 Å². The van der Waals surface area contributed by atoms with Crippen LogP contribution in [0.15, 0.2) is 12.1 Å². The molecule has 1 N–H and O–H groups in total. The zero-order chi connectivity index (χ0) is 14.0. The van der Waals surface area contributed by atoms with Crippen LogP contribution in [0.25, 0.3) is 0 Å². The van der Waals surface area contributed by atoms with Gasteiger partial charge < -0.3 is 14.8 Å². The first kappa shape index (κ1) is 14.0. The smallest absolute Gasteiger partial charge is 0.420 e. The third-order valence-electron chi connectivity index (χ3n) is 3.27. The molecule has 1 aromatic rings. The molecule has 1 aliphatic heterocycles. The van der Waals surface area contributed by atoms with E-state index >= 15 is 0 Å². The number of alkyl halides is 3. The molecule has 2 rings (SSSR count). The molecule has 1 unspecified atom stereocenters. The van der Waals surface area contributed by atoms with Crippen molar-refractivity contribution in [1.29, 1.82) is 0 Å². The van der Waals surface area contributed by atoms with Gasteiger partial charge in [0.1, 0.15) is 5.56 Å². The van der Waals surface area contributed by atoms with Gasteiger partial charge in [-0.15, -0.1) is 0 Å². The molecule has 0 aliphatic carbocycles. The van der Waals surface area contributed by atoms with E-state index in [1.807, 2.05) is 0 Å². The number of ether oxygens (including phenoxy) is 2. The predicted molar refractivity (Wildman–Crippen MR) is 64.5 cm³/mol. The normalized spacial score (nSPS) is 19.5. The molecule has 1 aliphatic rings. The van der Waals surface area contributed by atoms with E-state index in [0.29, 0.717) is 5.56 Å². The highest BCUT2D eigenvalue weighted by Crippen LogP contribution is 2.44. The molecule has 3 nitrogen and oxygen atoms in total. The van der Waals surface area contributed by atoms with Gasteiger partial charge in [-0.1, -0.05) is 0 Å². The zero-order valence-corrected chi connectivity index (χ0v) is 10.8. The molecule has 0 radical (unpaired) electrons. The van der Waals surface area contributed by atoms with Gasteiger partial charge in [-0.05, 0) is 37.1 Å². The number of hydrogen-bond acceptors (Lipinski definition) is 3. The fourth-order valence-corrected chi connectivity index (χ4v) is 2.37. The Hall–Kier alpha value is -1.43. The molecule has 1 saturated heterocycles. The molecule has 1 heterocycles. The Labute approximate surface area is 109 Å². The van der Waals surface area contributed by atoms with Crippen LogP contribution in [-0.2, 0) is 6.18 Å². The first-order chi connectivity index (χ1) is 8.97. The number of hydrogen-bond donors (Lipinski definition) is 1. The molecule has 1 aromatic carbocycles. The van der Waals surface area contributed by atoms with Crippen LogP contribution >= 0.6 is 0 Å². The summed E-state index contributed by atoms with van der Waals surface area (Å²) < 4.78 is 49.1. The Morgan fingerprint density at radius 3 is 2.42 bits per heavy atom. The highest BCUT2D eigenvalue weighted by molar-refractivity contribution is 5.51. The van der Waals surface area contributed by atoms with Crippen molar-refractivity contribution in [2.45, 2.75) is 25.1 Å². The van der Waals surface area contributed by atoms with Crippen LogP contribution in [0.2, 0.25) is 0 Å². The Balaban J connectivity index is 2.52. The lowest BCUT2D eigenvalue weighted by molar-refractivity contribution is -0.138. The van der Waals surface area contributed by atoms with Crippen molar-refractivity contribution in [1.82, 2.24) is 5.32 Å². The summed E-state index contributed by atoms with van der Waals surface area (Å²) in [7, 11) is 2.55. The molecule has 0 saturated carbocycles. The molecule has 1 atom stereocenters. The molecule has 0 amide bonds. The van der Waals surface area contributed by atoms with Gasteiger partial charge in [0.25, 0.3) is 0 Å². The van der Waals surface area contributed by atoms with E-state index in [-0.39, 0.29) is 17.5 Å². The largest absolute Gasteiger partial charge is 0.493 e. The average Bonchev–Trinajstić information content (AvgIpc) is 2.89. The Bertz CT molecular complexity index is 454. The maximum atomic E-state index is 13.1. The summed E-state index contributed by atoms with van der Waals surface area (Å²) in [6.45, 7) is 0.820. The van der Waals surface area contributed by atoms with Crippen LogP contribution in [0.3, 0.4) is 0 Å². The van der Waals surface area contributed by atoms with Gasteiger partial charge in [0.15, 0.2) is 11.5 Å². The second kappa shape index (κ2) is 5.28. The third-order valence-corrected chi connectivity index (χ3v) is 3.27. The van der Waals surface area contributed by atoms with E-state index in [0.717, 1.165) is 25.5 Å². The fourth-order valence-electron chi connectivity index (χ4n) is 2.37. The first-order valence-electron chi connectivity index (χ1n) is 6.04. The summed E-state index contributed by atoms with van der Waals surface area (Å²) in [6.07, 6.45) is -2.68. The van der Waals surface area contributed by atoms with Gasteiger partial charge in [-0.3, -0.25) is 0 Å². The number of rotatable bonds is 3. The van der Waals surface area contributed by atoms with Crippen molar-refractivity contribution in [2.24, 2.45) is 0 Å². The first-order valence-corrected chi connectivity index (χ1v) is 6.04. The van der Waals surface area contributed by atoms with Crippen molar-refractivity contribution < 1.29 is 22.6 Å². The minimum Gasteiger partial charge on any atom is -0.493 e. The number of benzene rings is 1. The molecule has 0 spiro atoms. The summed E-state index contributed by atoms with van der Waals surface area (Å²) in [5.74, 6) is -0.155. The highest BCUT2D eigenvalue weighted by atomic mass is 19.4. The topological polar surface area (TPSA) is 30.5 Å². The summed E-state index contributed by atoms with van der Waals surface area (Å²) in [5.41, 5.74) is -0.208. The van der Waals surface area contributed by atoms with Crippen molar-refractivity contribution in [3.63, 3.8) is 0 Å². The molecule has 19 heavy (non-hydrogen) atoms. The van der Waals surface area contributed by atoms with E-state index in [9.17, 15) is 13.2 Å². The second-order valence-corrected chi connectivity index (χ2v) is 4.45. The molecule has 0 aromatic heterocycles. The molecule has 6 heteroatoms. The van der Waals surface area contributed by atoms with Crippen molar-refractivity contribution in [3.05, 3.63) is 23.3 Å². The fraction of sp³-hybridized carbons (Fsp3) is 0.538. The van der Waals surface area contributed by atoms with E-state index in [1.54, 1.807) is 6.07 Å². The quantitative estimate of drug-likeness (QED) is 0.919. The highest BCUT2D eigenvalue weighted by Gasteiger charge is 2.37. The van der Waals surface area contributed by atoms with Gasteiger partial charge >= 0.3 is 6.18 Å². The number of nitrogens with one attached hydrogen (secondary N) is 1. The summed E-state index contributed by atoms with van der Waals surface area (Å²) in [5, 5.41) is 3.18. The number of halogens is 3. The predicted octanol–water partition coefficient (Wildman–Crippen LogP) is 3.15. The van der Waals surface area contributed by atoms with Crippen LogP contribution in [0.1, 0.15) is 30.0 Å². The zero-order valence-electron chi connectivity index (χ0n) is 10.8. The molecule has 0 bridgehead atoms. The maximum Gasteiger partial charge on any atom is 0.420 e. The van der Waals surface area contributed by atoms with Crippen molar-refractivity contribution in [2.75, 3.05) is 20.8 Å². The Kier molecular flexibility index (Phi) is 3.89. The van der Waals surface area contributed by atoms with Gasteiger partial charge in [-0.2, -0.15) is 13.2 Å². The van der Waals surface area contributed by atoms with E-state index in [1.165, 1.54) is 14.2 Å². The van der Waals surface area contributed by atoms with Gasteiger partial charge in [0.2, 0.25) is 0 Å².